The average molecular weight is 419 g/mol. The SMILES string of the molecule is Cc1cccc(OCCCOc2cccc(C=NNc3ccc([N+](=O)[O-])cc3)c2)c1C. The topological polar surface area (TPSA) is 86.0 Å². The molecule has 0 heterocycles. The molecule has 1 N–H and O–H groups in total. The van der Waals surface area contributed by atoms with Crippen molar-refractivity contribution in [1.82, 2.24) is 0 Å². The summed E-state index contributed by atoms with van der Waals surface area (Å²) in [4.78, 5) is 10.2. The molecule has 0 aliphatic carbocycles. The van der Waals surface area contributed by atoms with Crippen molar-refractivity contribution in [3.63, 3.8) is 0 Å². The summed E-state index contributed by atoms with van der Waals surface area (Å²) in [5.74, 6) is 1.67. The lowest BCUT2D eigenvalue weighted by Crippen LogP contribution is -2.06. The first kappa shape index (κ1) is 21.8. The van der Waals surface area contributed by atoms with Gasteiger partial charge in [-0.05, 0) is 60.9 Å². The largest absolute Gasteiger partial charge is 0.493 e. The Morgan fingerprint density at radius 2 is 1.74 bits per heavy atom. The number of nitro groups is 1. The number of nitrogens with zero attached hydrogens (tertiary/aromatic N) is 2. The number of ether oxygens (including phenoxy) is 2. The second-order valence-corrected chi connectivity index (χ2v) is 6.99. The van der Waals surface area contributed by atoms with Crippen molar-refractivity contribution < 1.29 is 14.4 Å². The van der Waals surface area contributed by atoms with E-state index < -0.39 is 4.92 Å². The van der Waals surface area contributed by atoms with Gasteiger partial charge in [0, 0.05) is 18.6 Å². The molecule has 0 aromatic heterocycles. The van der Waals surface area contributed by atoms with Gasteiger partial charge < -0.3 is 9.47 Å². The van der Waals surface area contributed by atoms with Crippen LogP contribution in [0.25, 0.3) is 0 Å². The van der Waals surface area contributed by atoms with Gasteiger partial charge >= 0.3 is 0 Å². The number of benzene rings is 3. The maximum absolute atomic E-state index is 10.7. The van der Waals surface area contributed by atoms with E-state index in [1.54, 1.807) is 18.3 Å². The van der Waals surface area contributed by atoms with Crippen molar-refractivity contribution in [3.05, 3.63) is 93.5 Å². The van der Waals surface area contributed by atoms with Gasteiger partial charge in [0.25, 0.3) is 5.69 Å². The average Bonchev–Trinajstić information content (AvgIpc) is 2.77. The monoisotopic (exact) mass is 419 g/mol. The Balaban J connectivity index is 1.43. The molecule has 3 rings (SSSR count). The molecule has 7 heteroatoms. The van der Waals surface area contributed by atoms with Gasteiger partial charge in [-0.15, -0.1) is 0 Å². The van der Waals surface area contributed by atoms with E-state index in [0.717, 1.165) is 29.0 Å². The second kappa shape index (κ2) is 10.8. The van der Waals surface area contributed by atoms with E-state index >= 15 is 0 Å². The summed E-state index contributed by atoms with van der Waals surface area (Å²) >= 11 is 0. The number of hydrogen-bond acceptors (Lipinski definition) is 6. The third-order valence-corrected chi connectivity index (χ3v) is 4.71. The van der Waals surface area contributed by atoms with Crippen LogP contribution in [-0.4, -0.2) is 24.4 Å². The van der Waals surface area contributed by atoms with E-state index in [9.17, 15) is 10.1 Å². The Kier molecular flexibility index (Phi) is 7.59. The summed E-state index contributed by atoms with van der Waals surface area (Å²) < 4.78 is 11.7. The lowest BCUT2D eigenvalue weighted by atomic mass is 10.1. The standard InChI is InChI=1S/C24H25N3O4/c1-18-6-3-9-24(19(18)2)31-15-5-14-30-23-8-4-7-20(16-23)17-25-26-21-10-12-22(13-11-21)27(28)29/h3-4,6-13,16-17,26H,5,14-15H2,1-2H3. The van der Waals surface area contributed by atoms with Gasteiger partial charge in [-0.25, -0.2) is 0 Å². The molecule has 0 aliphatic heterocycles. The van der Waals surface area contributed by atoms with E-state index in [4.69, 9.17) is 9.47 Å². The first-order chi connectivity index (χ1) is 15.0. The minimum Gasteiger partial charge on any atom is -0.493 e. The number of non-ortho nitro benzene ring substituents is 1. The number of hydrogen-bond donors (Lipinski definition) is 1. The Morgan fingerprint density at radius 3 is 2.52 bits per heavy atom. The molecule has 0 bridgehead atoms. The maximum atomic E-state index is 10.7. The highest BCUT2D eigenvalue weighted by atomic mass is 16.6. The maximum Gasteiger partial charge on any atom is 0.269 e. The minimum absolute atomic E-state index is 0.0406. The molecule has 7 nitrogen and oxygen atoms in total. The van der Waals surface area contributed by atoms with Gasteiger partial charge in [0.15, 0.2) is 0 Å². The van der Waals surface area contributed by atoms with Gasteiger partial charge in [0.1, 0.15) is 11.5 Å². The van der Waals surface area contributed by atoms with Crippen molar-refractivity contribution in [2.75, 3.05) is 18.6 Å². The molecule has 0 unspecified atom stereocenters. The van der Waals surface area contributed by atoms with E-state index in [0.29, 0.717) is 18.9 Å². The summed E-state index contributed by atoms with van der Waals surface area (Å²) in [6.45, 7) is 5.27. The highest BCUT2D eigenvalue weighted by molar-refractivity contribution is 5.80. The smallest absolute Gasteiger partial charge is 0.269 e. The van der Waals surface area contributed by atoms with Crippen LogP contribution in [0.5, 0.6) is 11.5 Å². The van der Waals surface area contributed by atoms with Crippen LogP contribution in [0.1, 0.15) is 23.1 Å². The minimum atomic E-state index is -0.436. The fraction of sp³-hybridized carbons (Fsp3) is 0.208. The number of hydrazone groups is 1. The van der Waals surface area contributed by atoms with Gasteiger partial charge in [-0.1, -0.05) is 24.3 Å². The molecular formula is C24H25N3O4. The van der Waals surface area contributed by atoms with Crippen molar-refractivity contribution >= 4 is 17.6 Å². The lowest BCUT2D eigenvalue weighted by Gasteiger charge is -2.11. The van der Waals surface area contributed by atoms with Crippen LogP contribution < -0.4 is 14.9 Å². The van der Waals surface area contributed by atoms with Crippen LogP contribution in [0.3, 0.4) is 0 Å². The molecule has 31 heavy (non-hydrogen) atoms. The first-order valence-corrected chi connectivity index (χ1v) is 9.98. The molecular weight excluding hydrogens is 394 g/mol. The number of nitrogens with one attached hydrogen (secondary N) is 1. The molecule has 0 fully saturated rings. The van der Waals surface area contributed by atoms with Crippen molar-refractivity contribution in [2.45, 2.75) is 20.3 Å². The zero-order valence-corrected chi connectivity index (χ0v) is 17.6. The van der Waals surface area contributed by atoms with E-state index in [-0.39, 0.29) is 5.69 Å². The molecule has 0 aliphatic rings. The van der Waals surface area contributed by atoms with E-state index in [2.05, 4.69) is 30.4 Å². The summed E-state index contributed by atoms with van der Waals surface area (Å²) in [5, 5.41) is 14.8. The van der Waals surface area contributed by atoms with E-state index in [1.165, 1.54) is 17.7 Å². The van der Waals surface area contributed by atoms with Crippen molar-refractivity contribution in [1.29, 1.82) is 0 Å². The van der Waals surface area contributed by atoms with Crippen LogP contribution in [0.15, 0.2) is 71.8 Å². The van der Waals surface area contributed by atoms with Crippen molar-refractivity contribution in [3.8, 4) is 11.5 Å². The molecule has 3 aromatic carbocycles. The molecule has 0 saturated heterocycles. The fourth-order valence-electron chi connectivity index (χ4n) is 2.84. The normalized spacial score (nSPS) is 10.8. The fourth-order valence-corrected chi connectivity index (χ4v) is 2.84. The van der Waals surface area contributed by atoms with Gasteiger partial charge in [0.2, 0.25) is 0 Å². The molecule has 0 amide bonds. The Hall–Kier alpha value is -3.87. The highest BCUT2D eigenvalue weighted by Crippen LogP contribution is 2.21. The third-order valence-electron chi connectivity index (χ3n) is 4.71. The van der Waals surface area contributed by atoms with Crippen LogP contribution in [0.2, 0.25) is 0 Å². The molecule has 160 valence electrons. The van der Waals surface area contributed by atoms with Gasteiger partial charge in [0.05, 0.1) is 30.0 Å². The quantitative estimate of drug-likeness (QED) is 0.203. The molecule has 0 spiro atoms. The molecule has 0 atom stereocenters. The van der Waals surface area contributed by atoms with Crippen LogP contribution >= 0.6 is 0 Å². The Labute approximate surface area is 181 Å². The molecule has 0 radical (unpaired) electrons. The molecule has 0 saturated carbocycles. The summed E-state index contributed by atoms with van der Waals surface area (Å²) in [6, 6.07) is 19.7. The second-order valence-electron chi connectivity index (χ2n) is 6.99. The number of nitro benzene ring substituents is 1. The highest BCUT2D eigenvalue weighted by Gasteiger charge is 2.03. The number of aryl methyl sites for hydroxylation is 1. The van der Waals surface area contributed by atoms with Crippen LogP contribution in [0, 0.1) is 24.0 Å². The summed E-state index contributed by atoms with van der Waals surface area (Å²) in [6.07, 6.45) is 2.44. The zero-order valence-electron chi connectivity index (χ0n) is 17.6. The van der Waals surface area contributed by atoms with Crippen LogP contribution in [-0.2, 0) is 0 Å². The van der Waals surface area contributed by atoms with Gasteiger partial charge in [-0.2, -0.15) is 5.10 Å². The zero-order chi connectivity index (χ0) is 22.1. The predicted molar refractivity (Wildman–Crippen MR) is 122 cm³/mol. The van der Waals surface area contributed by atoms with Gasteiger partial charge in [-0.3, -0.25) is 15.5 Å². The number of anilines is 1. The first-order valence-electron chi connectivity index (χ1n) is 9.98. The van der Waals surface area contributed by atoms with E-state index in [1.807, 2.05) is 36.4 Å². The van der Waals surface area contributed by atoms with Crippen LogP contribution in [0.4, 0.5) is 11.4 Å². The van der Waals surface area contributed by atoms with Crippen molar-refractivity contribution in [2.24, 2.45) is 5.10 Å². The molecule has 3 aromatic rings. The Morgan fingerprint density at radius 1 is 1.00 bits per heavy atom. The summed E-state index contributed by atoms with van der Waals surface area (Å²) in [5.41, 5.74) is 6.81. The number of rotatable bonds is 10. The predicted octanol–water partition coefficient (Wildman–Crippen LogP) is 5.51. The summed E-state index contributed by atoms with van der Waals surface area (Å²) in [7, 11) is 0. The lowest BCUT2D eigenvalue weighted by molar-refractivity contribution is -0.384. The third kappa shape index (κ3) is 6.57. The Bertz CT molecular complexity index is 1050.